The van der Waals surface area contributed by atoms with Gasteiger partial charge in [0.25, 0.3) is 0 Å². The number of hydrogen-bond donors (Lipinski definition) is 0. The average molecular weight is 408 g/mol. The zero-order valence-electron chi connectivity index (χ0n) is 16.7. The molecule has 2 saturated heterocycles. The molecule has 0 atom stereocenters. The molecule has 2 aliphatic rings. The van der Waals surface area contributed by atoms with Crippen LogP contribution < -0.4 is 9.80 Å². The quantitative estimate of drug-likeness (QED) is 0.661. The third kappa shape index (κ3) is 3.60. The van der Waals surface area contributed by atoms with Gasteiger partial charge < -0.3 is 9.80 Å². The van der Waals surface area contributed by atoms with Gasteiger partial charge in [-0.15, -0.1) is 11.3 Å². The minimum atomic E-state index is 0.170. The maximum atomic E-state index is 12.5. The predicted octanol–water partition coefficient (Wildman–Crippen LogP) is 3.63. The first-order valence-corrected chi connectivity index (χ1v) is 11.2. The monoisotopic (exact) mass is 407 g/mol. The van der Waals surface area contributed by atoms with E-state index in [0.717, 1.165) is 65.0 Å². The van der Waals surface area contributed by atoms with Crippen molar-refractivity contribution in [3.63, 3.8) is 0 Å². The Bertz CT molecular complexity index is 1030. The second kappa shape index (κ2) is 7.72. The fourth-order valence-electron chi connectivity index (χ4n) is 4.12. The number of rotatable bonds is 4. The number of benzene rings is 1. The molecule has 0 aliphatic carbocycles. The highest BCUT2D eigenvalue weighted by atomic mass is 32.1. The minimum Gasteiger partial charge on any atom is -0.357 e. The van der Waals surface area contributed by atoms with Gasteiger partial charge in [-0.3, -0.25) is 9.69 Å². The Kier molecular flexibility index (Phi) is 4.93. The highest BCUT2D eigenvalue weighted by Crippen LogP contribution is 2.33. The van der Waals surface area contributed by atoms with Gasteiger partial charge >= 0.3 is 0 Å². The molecular weight excluding hydrogens is 382 g/mol. The summed E-state index contributed by atoms with van der Waals surface area (Å²) in [7, 11) is 0. The van der Waals surface area contributed by atoms with E-state index in [0.29, 0.717) is 6.54 Å². The number of nitrogens with zero attached hydrogens (tertiary/aromatic N) is 5. The fourth-order valence-corrected chi connectivity index (χ4v) is 5.10. The molecular formula is C22H25N5OS. The average Bonchev–Trinajstić information content (AvgIpc) is 3.43. The first-order valence-electron chi connectivity index (χ1n) is 10.4. The van der Waals surface area contributed by atoms with E-state index in [-0.39, 0.29) is 5.91 Å². The van der Waals surface area contributed by atoms with Crippen LogP contribution in [0.1, 0.15) is 19.8 Å². The standard InChI is InChI=1S/C22H25N5OS/c1-2-25-11-12-27(21(28)15-25)17-6-7-18-19(13-17)29-22(24-18)16-5-8-20(23-14-16)26-9-3-4-10-26/h5-8,13-14H,2-4,9-12,15H2,1H3. The molecule has 7 heteroatoms. The molecule has 1 aromatic carbocycles. The molecule has 3 aromatic rings. The summed E-state index contributed by atoms with van der Waals surface area (Å²) in [6, 6.07) is 10.4. The van der Waals surface area contributed by atoms with Gasteiger partial charge in [0.2, 0.25) is 5.91 Å². The molecule has 1 amide bonds. The van der Waals surface area contributed by atoms with E-state index in [1.165, 1.54) is 12.8 Å². The SMILES string of the molecule is CCN1CCN(c2ccc3nc(-c4ccc(N5CCCC5)nc4)sc3c2)C(=O)C1. The molecule has 0 unspecified atom stereocenters. The number of hydrogen-bond acceptors (Lipinski definition) is 6. The highest BCUT2D eigenvalue weighted by molar-refractivity contribution is 7.21. The van der Waals surface area contributed by atoms with Gasteiger partial charge in [-0.05, 0) is 49.7 Å². The number of aromatic nitrogens is 2. The second-order valence-electron chi connectivity index (χ2n) is 7.68. The zero-order chi connectivity index (χ0) is 19.8. The fraction of sp³-hybridized carbons (Fsp3) is 0.409. The smallest absolute Gasteiger partial charge is 0.241 e. The van der Waals surface area contributed by atoms with E-state index >= 15 is 0 Å². The van der Waals surface area contributed by atoms with Crippen LogP contribution in [0.2, 0.25) is 0 Å². The van der Waals surface area contributed by atoms with Crippen molar-refractivity contribution in [3.8, 4) is 10.6 Å². The topological polar surface area (TPSA) is 52.6 Å². The number of pyridine rings is 1. The second-order valence-corrected chi connectivity index (χ2v) is 8.72. The summed E-state index contributed by atoms with van der Waals surface area (Å²) in [4.78, 5) is 28.4. The van der Waals surface area contributed by atoms with Gasteiger partial charge in [0, 0.05) is 43.6 Å². The zero-order valence-corrected chi connectivity index (χ0v) is 17.5. The Hall–Kier alpha value is -2.51. The summed E-state index contributed by atoms with van der Waals surface area (Å²) in [5, 5.41) is 0.972. The molecule has 5 rings (SSSR count). The summed E-state index contributed by atoms with van der Waals surface area (Å²) < 4.78 is 1.10. The lowest BCUT2D eigenvalue weighted by Crippen LogP contribution is -2.50. The Balaban J connectivity index is 1.39. The number of carbonyl (C=O) groups is 1. The van der Waals surface area contributed by atoms with Crippen LogP contribution in [0.15, 0.2) is 36.5 Å². The molecule has 2 fully saturated rings. The van der Waals surface area contributed by atoms with Crippen molar-refractivity contribution in [2.75, 3.05) is 49.1 Å². The van der Waals surface area contributed by atoms with E-state index in [1.54, 1.807) is 11.3 Å². The van der Waals surface area contributed by atoms with E-state index in [1.807, 2.05) is 23.2 Å². The molecule has 0 bridgehead atoms. The lowest BCUT2D eigenvalue weighted by atomic mass is 10.2. The number of carbonyl (C=O) groups excluding carboxylic acids is 1. The molecule has 4 heterocycles. The van der Waals surface area contributed by atoms with Crippen molar-refractivity contribution in [3.05, 3.63) is 36.5 Å². The number of fused-ring (bicyclic) bond motifs is 1. The molecule has 2 aromatic heterocycles. The van der Waals surface area contributed by atoms with Crippen molar-refractivity contribution in [2.24, 2.45) is 0 Å². The minimum absolute atomic E-state index is 0.170. The number of amides is 1. The van der Waals surface area contributed by atoms with Crippen LogP contribution in [0.3, 0.4) is 0 Å². The van der Waals surface area contributed by atoms with Gasteiger partial charge in [-0.2, -0.15) is 0 Å². The highest BCUT2D eigenvalue weighted by Gasteiger charge is 2.24. The van der Waals surface area contributed by atoms with Gasteiger partial charge in [-0.25, -0.2) is 9.97 Å². The Morgan fingerprint density at radius 2 is 1.93 bits per heavy atom. The van der Waals surface area contributed by atoms with Crippen LogP contribution in [-0.4, -0.2) is 60.0 Å². The largest absolute Gasteiger partial charge is 0.357 e. The van der Waals surface area contributed by atoms with Crippen molar-refractivity contribution in [2.45, 2.75) is 19.8 Å². The molecule has 6 nitrogen and oxygen atoms in total. The maximum absolute atomic E-state index is 12.5. The summed E-state index contributed by atoms with van der Waals surface area (Å²) in [6.45, 7) is 7.37. The molecule has 0 spiro atoms. The number of likely N-dealkylation sites (N-methyl/N-ethyl adjacent to an activating group) is 1. The van der Waals surface area contributed by atoms with Crippen molar-refractivity contribution < 1.29 is 4.79 Å². The van der Waals surface area contributed by atoms with Crippen molar-refractivity contribution in [1.82, 2.24) is 14.9 Å². The number of anilines is 2. The van der Waals surface area contributed by atoms with E-state index in [4.69, 9.17) is 4.98 Å². The molecule has 0 N–H and O–H groups in total. The van der Waals surface area contributed by atoms with Crippen LogP contribution >= 0.6 is 11.3 Å². The van der Waals surface area contributed by atoms with E-state index in [2.05, 4.69) is 39.9 Å². The van der Waals surface area contributed by atoms with Crippen LogP contribution in [-0.2, 0) is 4.79 Å². The summed E-state index contributed by atoms with van der Waals surface area (Å²) >= 11 is 1.66. The Labute approximate surface area is 174 Å². The third-order valence-electron chi connectivity index (χ3n) is 5.86. The summed E-state index contributed by atoms with van der Waals surface area (Å²) in [5.74, 6) is 1.23. The first kappa shape index (κ1) is 18.5. The number of piperazine rings is 1. The van der Waals surface area contributed by atoms with E-state index < -0.39 is 0 Å². The summed E-state index contributed by atoms with van der Waals surface area (Å²) in [6.07, 6.45) is 4.43. The number of thiazole rings is 1. The Morgan fingerprint density at radius 3 is 2.66 bits per heavy atom. The summed E-state index contributed by atoms with van der Waals surface area (Å²) in [5.41, 5.74) is 2.98. The van der Waals surface area contributed by atoms with Crippen LogP contribution in [0, 0.1) is 0 Å². The first-order chi connectivity index (χ1) is 14.2. The van der Waals surface area contributed by atoms with Crippen LogP contribution in [0.25, 0.3) is 20.8 Å². The maximum Gasteiger partial charge on any atom is 0.241 e. The van der Waals surface area contributed by atoms with Gasteiger partial charge in [-0.1, -0.05) is 6.92 Å². The molecule has 29 heavy (non-hydrogen) atoms. The van der Waals surface area contributed by atoms with E-state index in [9.17, 15) is 4.79 Å². The molecule has 0 radical (unpaired) electrons. The molecule has 2 aliphatic heterocycles. The Morgan fingerprint density at radius 1 is 1.07 bits per heavy atom. The molecule has 0 saturated carbocycles. The van der Waals surface area contributed by atoms with Crippen LogP contribution in [0.5, 0.6) is 0 Å². The van der Waals surface area contributed by atoms with Crippen molar-refractivity contribution in [1.29, 1.82) is 0 Å². The third-order valence-corrected chi connectivity index (χ3v) is 6.92. The predicted molar refractivity (Wildman–Crippen MR) is 119 cm³/mol. The molecule has 150 valence electrons. The van der Waals surface area contributed by atoms with Gasteiger partial charge in [0.05, 0.1) is 16.8 Å². The normalized spacial score (nSPS) is 18.2. The van der Waals surface area contributed by atoms with Crippen molar-refractivity contribution >= 4 is 39.0 Å². The van der Waals surface area contributed by atoms with Gasteiger partial charge in [0.1, 0.15) is 10.8 Å². The van der Waals surface area contributed by atoms with Crippen LogP contribution in [0.4, 0.5) is 11.5 Å². The lowest BCUT2D eigenvalue weighted by molar-refractivity contribution is -0.121. The lowest BCUT2D eigenvalue weighted by Gasteiger charge is -2.33. The van der Waals surface area contributed by atoms with Gasteiger partial charge in [0.15, 0.2) is 0 Å².